The summed E-state index contributed by atoms with van der Waals surface area (Å²) in [6, 6.07) is 9.59. The van der Waals surface area contributed by atoms with Crippen molar-refractivity contribution < 1.29 is 19.3 Å². The first-order chi connectivity index (χ1) is 10.7. The average Bonchev–Trinajstić information content (AvgIpc) is 2.87. The number of nitrogens with zero attached hydrogens (tertiary/aromatic N) is 1. The Balaban J connectivity index is 1.48. The minimum absolute atomic E-state index is 0.119. The highest BCUT2D eigenvalue weighted by Crippen LogP contribution is 2.33. The first-order valence-electron chi connectivity index (χ1n) is 8.02. The number of ether oxygens (including phenoxy) is 3. The Labute approximate surface area is 131 Å². The lowest BCUT2D eigenvalue weighted by Gasteiger charge is -2.42. The maximum atomic E-state index is 10.2. The van der Waals surface area contributed by atoms with Crippen LogP contribution >= 0.6 is 0 Å². The van der Waals surface area contributed by atoms with E-state index in [9.17, 15) is 5.11 Å². The Bertz CT molecular complexity index is 469. The van der Waals surface area contributed by atoms with Crippen LogP contribution < -0.4 is 4.74 Å². The molecule has 1 aromatic rings. The molecule has 2 aliphatic heterocycles. The second kappa shape index (κ2) is 6.96. The van der Waals surface area contributed by atoms with Crippen LogP contribution in [0.5, 0.6) is 5.75 Å². The Morgan fingerprint density at radius 3 is 2.91 bits per heavy atom. The third-order valence-corrected chi connectivity index (χ3v) is 4.58. The van der Waals surface area contributed by atoms with Gasteiger partial charge in [-0.1, -0.05) is 18.2 Å². The Kier molecular flexibility index (Phi) is 4.98. The maximum Gasteiger partial charge on any atom is 0.119 e. The molecule has 0 unspecified atom stereocenters. The summed E-state index contributed by atoms with van der Waals surface area (Å²) < 4.78 is 17.3. The zero-order valence-electron chi connectivity index (χ0n) is 13.1. The zero-order valence-corrected chi connectivity index (χ0v) is 13.1. The fourth-order valence-electron chi connectivity index (χ4n) is 3.26. The quantitative estimate of drug-likeness (QED) is 0.889. The molecule has 0 bridgehead atoms. The number of aliphatic hydroxyl groups excluding tert-OH is 1. The number of hydrogen-bond acceptors (Lipinski definition) is 5. The molecular weight excluding hydrogens is 282 g/mol. The topological polar surface area (TPSA) is 51.2 Å². The van der Waals surface area contributed by atoms with Crippen LogP contribution in [0.1, 0.15) is 13.3 Å². The van der Waals surface area contributed by atoms with Crippen molar-refractivity contribution in [2.75, 3.05) is 39.5 Å². The van der Waals surface area contributed by atoms with Crippen molar-refractivity contribution in [3.05, 3.63) is 30.3 Å². The highest BCUT2D eigenvalue weighted by Gasteiger charge is 2.46. The molecule has 3 rings (SSSR count). The standard InChI is InChI=1S/C17H25NO4/c1-14-17(7-9-20-14)13-18(8-10-22-17)11-15(19)12-21-16-5-3-2-4-6-16/h2-6,14-15,19H,7-13H2,1H3/t14-,15-,17+/m0/s1. The lowest BCUT2D eigenvalue weighted by atomic mass is 9.94. The van der Waals surface area contributed by atoms with Crippen LogP contribution in [0.15, 0.2) is 30.3 Å². The summed E-state index contributed by atoms with van der Waals surface area (Å²) in [5.74, 6) is 0.790. The van der Waals surface area contributed by atoms with Crippen molar-refractivity contribution in [2.45, 2.75) is 31.2 Å². The van der Waals surface area contributed by atoms with Crippen LogP contribution in [0.3, 0.4) is 0 Å². The van der Waals surface area contributed by atoms with Gasteiger partial charge in [-0.25, -0.2) is 0 Å². The largest absolute Gasteiger partial charge is 0.491 e. The molecule has 2 saturated heterocycles. The first kappa shape index (κ1) is 15.7. The Hall–Kier alpha value is -1.14. The number of morpholine rings is 1. The molecule has 0 aliphatic carbocycles. The van der Waals surface area contributed by atoms with Crippen molar-refractivity contribution in [3.63, 3.8) is 0 Å². The summed E-state index contributed by atoms with van der Waals surface area (Å²) in [6.45, 7) is 6.10. The van der Waals surface area contributed by atoms with E-state index in [1.807, 2.05) is 30.3 Å². The smallest absolute Gasteiger partial charge is 0.119 e. The zero-order chi connectivity index (χ0) is 15.4. The second-order valence-corrected chi connectivity index (χ2v) is 6.19. The third kappa shape index (κ3) is 3.60. The van der Waals surface area contributed by atoms with E-state index >= 15 is 0 Å². The van der Waals surface area contributed by atoms with Crippen molar-refractivity contribution in [1.82, 2.24) is 4.90 Å². The molecule has 2 heterocycles. The predicted octanol–water partition coefficient (Wildman–Crippen LogP) is 1.31. The summed E-state index contributed by atoms with van der Waals surface area (Å²) in [5, 5.41) is 10.2. The molecule has 0 aromatic heterocycles. The molecule has 1 N–H and O–H groups in total. The van der Waals surface area contributed by atoms with Crippen molar-refractivity contribution in [3.8, 4) is 5.75 Å². The SMILES string of the molecule is C[C@@H]1OCC[C@@]12CN(C[C@H](O)COc1ccccc1)CCO2. The van der Waals surface area contributed by atoms with Gasteiger partial charge in [0.15, 0.2) is 0 Å². The van der Waals surface area contributed by atoms with Gasteiger partial charge < -0.3 is 19.3 Å². The summed E-state index contributed by atoms with van der Waals surface area (Å²) >= 11 is 0. The van der Waals surface area contributed by atoms with Gasteiger partial charge in [-0.3, -0.25) is 4.90 Å². The van der Waals surface area contributed by atoms with Crippen LogP contribution in [0.4, 0.5) is 0 Å². The van der Waals surface area contributed by atoms with E-state index in [2.05, 4.69) is 11.8 Å². The van der Waals surface area contributed by atoms with Crippen molar-refractivity contribution in [2.24, 2.45) is 0 Å². The molecule has 5 heteroatoms. The number of rotatable bonds is 5. The van der Waals surface area contributed by atoms with Crippen molar-refractivity contribution >= 4 is 0 Å². The van der Waals surface area contributed by atoms with Gasteiger partial charge in [-0.15, -0.1) is 0 Å². The molecule has 3 atom stereocenters. The third-order valence-electron chi connectivity index (χ3n) is 4.58. The van der Waals surface area contributed by atoms with E-state index in [4.69, 9.17) is 14.2 Å². The number of para-hydroxylation sites is 1. The molecule has 0 amide bonds. The molecule has 0 saturated carbocycles. The lowest BCUT2D eigenvalue weighted by Crippen LogP contribution is -2.56. The van der Waals surface area contributed by atoms with E-state index in [1.165, 1.54) is 0 Å². The predicted molar refractivity (Wildman–Crippen MR) is 83.1 cm³/mol. The molecule has 5 nitrogen and oxygen atoms in total. The van der Waals surface area contributed by atoms with Crippen LogP contribution in [0.2, 0.25) is 0 Å². The molecule has 2 aliphatic rings. The van der Waals surface area contributed by atoms with Gasteiger partial charge in [0.2, 0.25) is 0 Å². The molecule has 1 aromatic carbocycles. The number of hydrogen-bond donors (Lipinski definition) is 1. The van der Waals surface area contributed by atoms with Crippen LogP contribution in [0.25, 0.3) is 0 Å². The monoisotopic (exact) mass is 307 g/mol. The highest BCUT2D eigenvalue weighted by atomic mass is 16.6. The highest BCUT2D eigenvalue weighted by molar-refractivity contribution is 5.20. The first-order valence-corrected chi connectivity index (χ1v) is 8.02. The molecule has 122 valence electrons. The Morgan fingerprint density at radius 2 is 2.18 bits per heavy atom. The van der Waals surface area contributed by atoms with Gasteiger partial charge in [-0.2, -0.15) is 0 Å². The minimum atomic E-state index is -0.506. The number of aliphatic hydroxyl groups is 1. The van der Waals surface area contributed by atoms with Gasteiger partial charge in [-0.05, 0) is 19.1 Å². The summed E-state index contributed by atoms with van der Waals surface area (Å²) in [6.07, 6.45) is 0.544. The number of β-amino-alcohol motifs (C(OH)–C–C–N with tert-alkyl or cyclic N) is 1. The summed E-state index contributed by atoms with van der Waals surface area (Å²) in [7, 11) is 0. The lowest BCUT2D eigenvalue weighted by molar-refractivity contribution is -0.140. The molecular formula is C17H25NO4. The van der Waals surface area contributed by atoms with E-state index in [0.717, 1.165) is 31.9 Å². The van der Waals surface area contributed by atoms with Gasteiger partial charge >= 0.3 is 0 Å². The molecule has 22 heavy (non-hydrogen) atoms. The second-order valence-electron chi connectivity index (χ2n) is 6.19. The van der Waals surface area contributed by atoms with E-state index in [-0.39, 0.29) is 11.7 Å². The molecule has 0 radical (unpaired) electrons. The van der Waals surface area contributed by atoms with Gasteiger partial charge in [0, 0.05) is 32.7 Å². The Morgan fingerprint density at radius 1 is 1.36 bits per heavy atom. The van der Waals surface area contributed by atoms with Gasteiger partial charge in [0.05, 0.1) is 12.7 Å². The fraction of sp³-hybridized carbons (Fsp3) is 0.647. The van der Waals surface area contributed by atoms with E-state index < -0.39 is 6.10 Å². The van der Waals surface area contributed by atoms with Gasteiger partial charge in [0.25, 0.3) is 0 Å². The van der Waals surface area contributed by atoms with Gasteiger partial charge in [0.1, 0.15) is 24.1 Å². The normalized spacial score (nSPS) is 30.5. The van der Waals surface area contributed by atoms with Crippen LogP contribution in [-0.4, -0.2) is 67.3 Å². The van der Waals surface area contributed by atoms with E-state index in [0.29, 0.717) is 19.8 Å². The van der Waals surface area contributed by atoms with E-state index in [1.54, 1.807) is 0 Å². The minimum Gasteiger partial charge on any atom is -0.491 e. The summed E-state index contributed by atoms with van der Waals surface area (Å²) in [4.78, 5) is 2.26. The van der Waals surface area contributed by atoms with Crippen LogP contribution in [-0.2, 0) is 9.47 Å². The maximum absolute atomic E-state index is 10.2. The molecule has 2 fully saturated rings. The van der Waals surface area contributed by atoms with Crippen molar-refractivity contribution in [1.29, 1.82) is 0 Å². The molecule has 1 spiro atoms. The van der Waals surface area contributed by atoms with Crippen LogP contribution in [0, 0.1) is 0 Å². The fourth-order valence-corrected chi connectivity index (χ4v) is 3.26. The average molecular weight is 307 g/mol. The summed E-state index contributed by atoms with van der Waals surface area (Å²) in [5.41, 5.74) is -0.196. The number of benzene rings is 1.